The molecule has 3 N–H and O–H groups in total. The number of benzene rings is 2. The van der Waals surface area contributed by atoms with Gasteiger partial charge in [0.2, 0.25) is 5.95 Å². The molecule has 2 aromatic carbocycles. The lowest BCUT2D eigenvalue weighted by Gasteiger charge is -2.09. The highest BCUT2D eigenvalue weighted by molar-refractivity contribution is 6.30. The molecule has 0 unspecified atom stereocenters. The summed E-state index contributed by atoms with van der Waals surface area (Å²) in [6, 6.07) is 15.5. The number of hydrogen-bond donors (Lipinski definition) is 2. The van der Waals surface area contributed by atoms with E-state index in [4.69, 9.17) is 27.1 Å². The quantitative estimate of drug-likeness (QED) is 0.502. The van der Waals surface area contributed by atoms with Crippen LogP contribution in [0.3, 0.4) is 0 Å². The highest BCUT2D eigenvalue weighted by atomic mass is 35.5. The van der Waals surface area contributed by atoms with Gasteiger partial charge in [-0.15, -0.1) is 0 Å². The molecular formula is C21H21ClN6O. The lowest BCUT2D eigenvalue weighted by molar-refractivity contribution is 0.414. The van der Waals surface area contributed by atoms with E-state index in [0.717, 1.165) is 28.8 Å². The molecule has 0 aliphatic rings. The van der Waals surface area contributed by atoms with E-state index in [1.165, 1.54) is 5.56 Å². The van der Waals surface area contributed by atoms with Crippen molar-refractivity contribution in [3.05, 3.63) is 59.1 Å². The zero-order chi connectivity index (χ0) is 20.4. The fraction of sp³-hybridized carbons (Fsp3) is 0.190. The van der Waals surface area contributed by atoms with Crippen LogP contribution in [0.25, 0.3) is 22.3 Å². The third kappa shape index (κ3) is 3.95. The highest BCUT2D eigenvalue weighted by Crippen LogP contribution is 2.31. The Balaban J connectivity index is 1.61. The summed E-state index contributed by atoms with van der Waals surface area (Å²) in [5.74, 6) is 1.87. The van der Waals surface area contributed by atoms with Gasteiger partial charge in [-0.05, 0) is 36.2 Å². The summed E-state index contributed by atoms with van der Waals surface area (Å²) in [5, 5.41) is 9.11. The third-order valence-corrected chi connectivity index (χ3v) is 4.96. The zero-order valence-corrected chi connectivity index (χ0v) is 16.9. The van der Waals surface area contributed by atoms with Gasteiger partial charge in [0.05, 0.1) is 18.2 Å². The number of anilines is 2. The minimum Gasteiger partial charge on any atom is -0.497 e. The SMILES string of the molecule is COc1ccc(CCNc2nc(-c3ccc(Cl)cc3)c3c(N)n(C)nc3n2)cc1. The van der Waals surface area contributed by atoms with E-state index in [2.05, 4.69) is 15.4 Å². The van der Waals surface area contributed by atoms with Gasteiger partial charge in [0, 0.05) is 24.2 Å². The molecule has 0 saturated carbocycles. The molecule has 4 aromatic rings. The molecule has 8 heteroatoms. The minimum absolute atomic E-state index is 0.508. The van der Waals surface area contributed by atoms with E-state index in [9.17, 15) is 0 Å². The van der Waals surface area contributed by atoms with E-state index in [1.54, 1.807) is 18.8 Å². The Morgan fingerprint density at radius 3 is 2.48 bits per heavy atom. The van der Waals surface area contributed by atoms with Crippen LogP contribution in [0.4, 0.5) is 11.8 Å². The number of nitrogens with two attached hydrogens (primary N) is 1. The van der Waals surface area contributed by atoms with Crippen molar-refractivity contribution in [2.75, 3.05) is 24.7 Å². The molecule has 0 fully saturated rings. The average molecular weight is 409 g/mol. The van der Waals surface area contributed by atoms with Crippen LogP contribution in [0.2, 0.25) is 5.02 Å². The number of methoxy groups -OCH3 is 1. The topological polar surface area (TPSA) is 90.9 Å². The standard InChI is InChI=1S/C21H21ClN6O/c1-28-19(23)17-18(14-5-7-15(22)8-6-14)25-21(26-20(17)27-28)24-12-11-13-3-9-16(29-2)10-4-13/h3-10H,11-12,23H2,1-2H3,(H,24,26,27). The number of nitrogens with zero attached hydrogens (tertiary/aromatic N) is 4. The molecule has 0 atom stereocenters. The molecular weight excluding hydrogens is 388 g/mol. The van der Waals surface area contributed by atoms with E-state index in [0.29, 0.717) is 29.0 Å². The largest absolute Gasteiger partial charge is 0.497 e. The van der Waals surface area contributed by atoms with E-state index < -0.39 is 0 Å². The maximum Gasteiger partial charge on any atom is 0.225 e. The molecule has 2 aromatic heterocycles. The van der Waals surface area contributed by atoms with Crippen LogP contribution < -0.4 is 15.8 Å². The van der Waals surface area contributed by atoms with Crippen LogP contribution in [-0.2, 0) is 13.5 Å². The third-order valence-electron chi connectivity index (χ3n) is 4.71. The second-order valence-electron chi connectivity index (χ2n) is 6.64. The van der Waals surface area contributed by atoms with Gasteiger partial charge in [-0.2, -0.15) is 10.1 Å². The Labute approximate surface area is 173 Å². The molecule has 0 saturated heterocycles. The number of nitrogen functional groups attached to an aromatic ring is 1. The number of fused-ring (bicyclic) bond motifs is 1. The molecule has 148 valence electrons. The summed E-state index contributed by atoms with van der Waals surface area (Å²) in [4.78, 5) is 9.25. The first-order chi connectivity index (χ1) is 14.0. The minimum atomic E-state index is 0.508. The number of hydrogen-bond acceptors (Lipinski definition) is 6. The maximum atomic E-state index is 6.22. The predicted molar refractivity (Wildman–Crippen MR) is 116 cm³/mol. The molecule has 0 bridgehead atoms. The Hall–Kier alpha value is -3.32. The van der Waals surface area contributed by atoms with Crippen molar-refractivity contribution in [2.24, 2.45) is 7.05 Å². The first-order valence-corrected chi connectivity index (χ1v) is 9.56. The number of rotatable bonds is 6. The van der Waals surface area contributed by atoms with Gasteiger partial charge in [-0.1, -0.05) is 35.9 Å². The molecule has 0 amide bonds. The summed E-state index contributed by atoms with van der Waals surface area (Å²) in [6.45, 7) is 0.681. The summed E-state index contributed by atoms with van der Waals surface area (Å²) in [5.41, 5.74) is 9.60. The lowest BCUT2D eigenvalue weighted by Crippen LogP contribution is -2.09. The maximum absolute atomic E-state index is 6.22. The first-order valence-electron chi connectivity index (χ1n) is 9.18. The molecule has 29 heavy (non-hydrogen) atoms. The second kappa shape index (κ2) is 7.97. The highest BCUT2D eigenvalue weighted by Gasteiger charge is 2.17. The Morgan fingerprint density at radius 1 is 1.07 bits per heavy atom. The van der Waals surface area contributed by atoms with Gasteiger partial charge < -0.3 is 15.8 Å². The molecule has 2 heterocycles. The first kappa shape index (κ1) is 19.0. The van der Waals surface area contributed by atoms with Gasteiger partial charge in [-0.25, -0.2) is 4.98 Å². The predicted octanol–water partition coefficient (Wildman–Crippen LogP) is 3.93. The van der Waals surface area contributed by atoms with E-state index in [1.807, 2.05) is 48.5 Å². The van der Waals surface area contributed by atoms with Gasteiger partial charge >= 0.3 is 0 Å². The molecule has 4 rings (SSSR count). The Morgan fingerprint density at radius 2 is 1.79 bits per heavy atom. The summed E-state index contributed by atoms with van der Waals surface area (Å²) >= 11 is 6.04. The fourth-order valence-electron chi connectivity index (χ4n) is 3.12. The zero-order valence-electron chi connectivity index (χ0n) is 16.2. The van der Waals surface area contributed by atoms with Gasteiger partial charge in [0.25, 0.3) is 0 Å². The Kier molecular flexibility index (Phi) is 5.22. The van der Waals surface area contributed by atoms with Crippen LogP contribution >= 0.6 is 11.6 Å². The molecule has 0 radical (unpaired) electrons. The van der Waals surface area contributed by atoms with Crippen LogP contribution in [0.5, 0.6) is 5.75 Å². The van der Waals surface area contributed by atoms with E-state index in [-0.39, 0.29) is 0 Å². The van der Waals surface area contributed by atoms with Gasteiger partial charge in [-0.3, -0.25) is 4.68 Å². The summed E-state index contributed by atoms with van der Waals surface area (Å²) < 4.78 is 6.81. The summed E-state index contributed by atoms with van der Waals surface area (Å²) in [7, 11) is 3.45. The van der Waals surface area contributed by atoms with Crippen molar-refractivity contribution in [3.63, 3.8) is 0 Å². The monoisotopic (exact) mass is 408 g/mol. The number of halogens is 1. The van der Waals surface area contributed by atoms with E-state index >= 15 is 0 Å². The molecule has 0 aliphatic carbocycles. The van der Waals surface area contributed by atoms with Crippen LogP contribution in [0.15, 0.2) is 48.5 Å². The number of aromatic nitrogens is 4. The Bertz CT molecular complexity index is 1140. The number of aryl methyl sites for hydroxylation is 1. The second-order valence-corrected chi connectivity index (χ2v) is 7.07. The van der Waals surface area contributed by atoms with Crippen LogP contribution in [0, 0.1) is 0 Å². The van der Waals surface area contributed by atoms with Crippen molar-refractivity contribution in [3.8, 4) is 17.0 Å². The molecule has 0 aliphatic heterocycles. The lowest BCUT2D eigenvalue weighted by atomic mass is 10.1. The number of nitrogens with one attached hydrogen (secondary N) is 1. The van der Waals surface area contributed by atoms with Gasteiger partial charge in [0.15, 0.2) is 5.65 Å². The average Bonchev–Trinajstić information content (AvgIpc) is 3.02. The summed E-state index contributed by atoms with van der Waals surface area (Å²) in [6.07, 6.45) is 0.825. The van der Waals surface area contributed by atoms with Crippen LogP contribution in [0.1, 0.15) is 5.56 Å². The van der Waals surface area contributed by atoms with Crippen molar-refractivity contribution in [1.29, 1.82) is 0 Å². The van der Waals surface area contributed by atoms with Gasteiger partial charge in [0.1, 0.15) is 11.6 Å². The number of ether oxygens (including phenoxy) is 1. The van der Waals surface area contributed by atoms with Crippen LogP contribution in [-0.4, -0.2) is 33.4 Å². The van der Waals surface area contributed by atoms with Crippen molar-refractivity contribution in [1.82, 2.24) is 19.7 Å². The molecule has 0 spiro atoms. The molecule has 7 nitrogen and oxygen atoms in total. The fourth-order valence-corrected chi connectivity index (χ4v) is 3.25. The van der Waals surface area contributed by atoms with Crippen molar-refractivity contribution in [2.45, 2.75) is 6.42 Å². The smallest absolute Gasteiger partial charge is 0.225 e. The van der Waals surface area contributed by atoms with Crippen molar-refractivity contribution < 1.29 is 4.74 Å². The normalized spacial score (nSPS) is 11.0. The van der Waals surface area contributed by atoms with Crippen molar-refractivity contribution >= 4 is 34.4 Å².